The zero-order valence-electron chi connectivity index (χ0n) is 11.7. The van der Waals surface area contributed by atoms with Gasteiger partial charge in [0.2, 0.25) is 0 Å². The molecule has 0 aliphatic heterocycles. The zero-order chi connectivity index (χ0) is 17.1. The van der Waals surface area contributed by atoms with E-state index >= 15 is 0 Å². The fourth-order valence-electron chi connectivity index (χ4n) is 2.18. The maximum atomic E-state index is 13.1. The Morgan fingerprint density at radius 2 is 1.83 bits per heavy atom. The van der Waals surface area contributed by atoms with E-state index in [1.165, 1.54) is 24.3 Å². The van der Waals surface area contributed by atoms with Gasteiger partial charge in [-0.15, -0.1) is 0 Å². The smallest absolute Gasteiger partial charge is 0.387 e. The van der Waals surface area contributed by atoms with Crippen molar-refractivity contribution >= 4 is 28.3 Å². The summed E-state index contributed by atoms with van der Waals surface area (Å²) in [5.41, 5.74) is 0.0174. The average Bonchev–Trinajstić information content (AvgIpc) is 2.46. The number of hydrogen-bond acceptors (Lipinski definition) is 3. The van der Waals surface area contributed by atoms with Crippen molar-refractivity contribution in [2.75, 3.05) is 7.11 Å². The van der Waals surface area contributed by atoms with Crippen LogP contribution < -0.4 is 4.74 Å². The Morgan fingerprint density at radius 3 is 2.39 bits per heavy atom. The van der Waals surface area contributed by atoms with Crippen molar-refractivity contribution in [1.82, 2.24) is 0 Å². The number of hydrogen-bond donors (Lipinski definition) is 0. The summed E-state index contributed by atoms with van der Waals surface area (Å²) in [6.07, 6.45) is -2.96. The second-order valence-electron chi connectivity index (χ2n) is 4.60. The van der Waals surface area contributed by atoms with Crippen LogP contribution in [-0.2, 0) is 9.53 Å². The molecule has 1 atom stereocenters. The van der Waals surface area contributed by atoms with Crippen LogP contribution in [0.15, 0.2) is 30.3 Å². The highest BCUT2D eigenvalue weighted by atomic mass is 35.5. The first-order valence-electron chi connectivity index (χ1n) is 6.37. The molecule has 0 saturated carbocycles. The monoisotopic (exact) mass is 350 g/mol. The van der Waals surface area contributed by atoms with Gasteiger partial charge in [0.25, 0.3) is 6.43 Å². The molecule has 0 N–H and O–H groups in total. The van der Waals surface area contributed by atoms with Gasteiger partial charge in [0.05, 0.1) is 12.1 Å². The van der Waals surface area contributed by atoms with Gasteiger partial charge >= 0.3 is 12.6 Å². The molecule has 2 rings (SSSR count). The number of rotatable bonds is 5. The van der Waals surface area contributed by atoms with Gasteiger partial charge in [0, 0.05) is 5.39 Å². The number of methoxy groups -OCH3 is 1. The van der Waals surface area contributed by atoms with Gasteiger partial charge in [0.15, 0.2) is 0 Å². The van der Waals surface area contributed by atoms with E-state index in [1.54, 1.807) is 0 Å². The quantitative estimate of drug-likeness (QED) is 0.583. The topological polar surface area (TPSA) is 35.5 Å². The molecule has 0 aromatic heterocycles. The van der Waals surface area contributed by atoms with Gasteiger partial charge in [-0.1, -0.05) is 23.7 Å². The lowest BCUT2D eigenvalue weighted by Crippen LogP contribution is -2.21. The molecule has 3 nitrogen and oxygen atoms in total. The number of carbonyl (C=O) groups is 1. The summed E-state index contributed by atoms with van der Waals surface area (Å²) in [4.78, 5) is 11.5. The van der Waals surface area contributed by atoms with Crippen molar-refractivity contribution in [3.63, 3.8) is 0 Å². The first-order chi connectivity index (χ1) is 10.8. The maximum absolute atomic E-state index is 13.1. The summed E-state index contributed by atoms with van der Waals surface area (Å²) < 4.78 is 59.3. The van der Waals surface area contributed by atoms with E-state index in [0.29, 0.717) is 10.8 Å². The molecular formula is C15H11ClF4O3. The molecule has 0 bridgehead atoms. The predicted octanol–water partition coefficient (Wildman–Crippen LogP) is 4.62. The molecule has 2 aromatic rings. The number of carbonyl (C=O) groups excluding carboxylic acids is 1. The molecule has 0 spiro atoms. The molecule has 0 aliphatic rings. The van der Waals surface area contributed by atoms with Crippen molar-refractivity contribution in [3.05, 3.63) is 40.9 Å². The van der Waals surface area contributed by atoms with Crippen molar-refractivity contribution in [1.29, 1.82) is 0 Å². The van der Waals surface area contributed by atoms with Gasteiger partial charge in [-0.3, -0.25) is 4.79 Å². The summed E-state index contributed by atoms with van der Waals surface area (Å²) >= 11 is 5.99. The summed E-state index contributed by atoms with van der Waals surface area (Å²) in [5, 5.41) is 0.785. The highest BCUT2D eigenvalue weighted by Gasteiger charge is 2.31. The standard InChI is InChI=1S/C15H11ClF4O3/c1-22-14(21)12(13(17)18)8-3-2-7-4-9(23-15(19)20)6-11(16)10(7)5-8/h2-6,12-13,15H,1H3. The SMILES string of the molecule is COC(=O)C(c1ccc2cc(OC(F)F)cc(Cl)c2c1)C(F)F. The summed E-state index contributed by atoms with van der Waals surface area (Å²) in [6.45, 7) is -3.01. The fourth-order valence-corrected chi connectivity index (χ4v) is 2.45. The van der Waals surface area contributed by atoms with E-state index in [0.717, 1.165) is 13.2 Å². The van der Waals surface area contributed by atoms with Gasteiger partial charge < -0.3 is 9.47 Å². The number of benzene rings is 2. The Kier molecular flexibility index (Phi) is 5.30. The minimum Gasteiger partial charge on any atom is -0.468 e. The number of fused-ring (bicyclic) bond motifs is 1. The molecule has 0 heterocycles. The van der Waals surface area contributed by atoms with Crippen molar-refractivity contribution < 1.29 is 31.8 Å². The summed E-state index contributed by atoms with van der Waals surface area (Å²) in [6, 6.07) is 6.44. The van der Waals surface area contributed by atoms with Gasteiger partial charge in [0.1, 0.15) is 11.7 Å². The van der Waals surface area contributed by atoms with Gasteiger partial charge in [-0.25, -0.2) is 8.78 Å². The second kappa shape index (κ2) is 7.04. The van der Waals surface area contributed by atoms with Crippen molar-refractivity contribution in [3.8, 4) is 5.75 Å². The van der Waals surface area contributed by atoms with Gasteiger partial charge in [-0.2, -0.15) is 8.78 Å². The van der Waals surface area contributed by atoms with E-state index in [2.05, 4.69) is 9.47 Å². The van der Waals surface area contributed by atoms with Crippen LogP contribution in [0.5, 0.6) is 5.75 Å². The third kappa shape index (κ3) is 3.85. The Hall–Kier alpha value is -2.02. The molecule has 23 heavy (non-hydrogen) atoms. The first-order valence-corrected chi connectivity index (χ1v) is 6.75. The molecule has 124 valence electrons. The van der Waals surface area contributed by atoms with Crippen molar-refractivity contribution in [2.24, 2.45) is 0 Å². The highest BCUT2D eigenvalue weighted by Crippen LogP contribution is 2.34. The maximum Gasteiger partial charge on any atom is 0.387 e. The Labute approximate surface area is 133 Å². The fraction of sp³-hybridized carbons (Fsp3) is 0.267. The van der Waals surface area contributed by atoms with E-state index in [-0.39, 0.29) is 16.3 Å². The normalized spacial score (nSPS) is 12.7. The van der Waals surface area contributed by atoms with Crippen LogP contribution in [0.25, 0.3) is 10.8 Å². The zero-order valence-corrected chi connectivity index (χ0v) is 12.5. The van der Waals surface area contributed by atoms with Crippen LogP contribution in [0, 0.1) is 0 Å². The highest BCUT2D eigenvalue weighted by molar-refractivity contribution is 6.35. The molecule has 0 aliphatic carbocycles. The first kappa shape index (κ1) is 17.3. The largest absolute Gasteiger partial charge is 0.468 e. The van der Waals surface area contributed by atoms with Crippen LogP contribution in [0.3, 0.4) is 0 Å². The lowest BCUT2D eigenvalue weighted by molar-refractivity contribution is -0.146. The Bertz CT molecular complexity index is 721. The molecular weight excluding hydrogens is 340 g/mol. The lowest BCUT2D eigenvalue weighted by atomic mass is 9.96. The van der Waals surface area contributed by atoms with E-state index < -0.39 is 24.9 Å². The minimum absolute atomic E-state index is 0.0174. The molecule has 0 fully saturated rings. The third-order valence-corrected chi connectivity index (χ3v) is 3.51. The Balaban J connectivity index is 2.50. The Morgan fingerprint density at radius 1 is 1.13 bits per heavy atom. The molecule has 0 saturated heterocycles. The molecule has 0 radical (unpaired) electrons. The van der Waals surface area contributed by atoms with Gasteiger partial charge in [-0.05, 0) is 29.1 Å². The summed E-state index contributed by atoms with van der Waals surface area (Å²) in [5.74, 6) is -2.98. The second-order valence-corrected chi connectivity index (χ2v) is 5.01. The average molecular weight is 351 g/mol. The van der Waals surface area contributed by atoms with Crippen molar-refractivity contribution in [2.45, 2.75) is 19.0 Å². The number of esters is 1. The number of halogens is 5. The van der Waals surface area contributed by atoms with Crippen LogP contribution in [0.4, 0.5) is 17.6 Å². The molecule has 1 unspecified atom stereocenters. The number of ether oxygens (including phenoxy) is 2. The van der Waals surface area contributed by atoms with E-state index in [4.69, 9.17) is 11.6 Å². The summed E-state index contributed by atoms with van der Waals surface area (Å²) in [7, 11) is 1.01. The van der Waals surface area contributed by atoms with E-state index in [1.807, 2.05) is 0 Å². The molecule has 0 amide bonds. The van der Waals surface area contributed by atoms with Crippen LogP contribution in [0.2, 0.25) is 5.02 Å². The third-order valence-electron chi connectivity index (χ3n) is 3.19. The van der Waals surface area contributed by atoms with Crippen LogP contribution in [0.1, 0.15) is 11.5 Å². The van der Waals surface area contributed by atoms with Crippen LogP contribution in [-0.4, -0.2) is 26.1 Å². The number of alkyl halides is 4. The minimum atomic E-state index is -3.01. The van der Waals surface area contributed by atoms with Crippen LogP contribution >= 0.6 is 11.6 Å². The lowest BCUT2D eigenvalue weighted by Gasteiger charge is -2.15. The molecule has 8 heteroatoms. The predicted molar refractivity (Wildman–Crippen MR) is 76.4 cm³/mol. The molecule has 2 aromatic carbocycles. The van der Waals surface area contributed by atoms with E-state index in [9.17, 15) is 22.4 Å².